The summed E-state index contributed by atoms with van der Waals surface area (Å²) >= 11 is 39.2. The third-order valence-corrected chi connectivity index (χ3v) is 9.42. The third-order valence-electron chi connectivity index (χ3n) is 5.12. The van der Waals surface area contributed by atoms with Gasteiger partial charge in [-0.15, -0.1) is 23.2 Å². The van der Waals surface area contributed by atoms with Gasteiger partial charge in [0.1, 0.15) is 9.75 Å². The van der Waals surface area contributed by atoms with Gasteiger partial charge in [-0.25, -0.2) is 0 Å². The smallest absolute Gasteiger partial charge is 0.109 e. The molecule has 0 aliphatic heterocycles. The highest BCUT2D eigenvalue weighted by atomic mass is 35.5. The molecule has 4 aliphatic carbocycles. The van der Waals surface area contributed by atoms with Gasteiger partial charge in [-0.1, -0.05) is 58.6 Å². The molecule has 4 rings (SSSR count). The first-order chi connectivity index (χ1) is 8.28. The van der Waals surface area contributed by atoms with Gasteiger partial charge in [-0.05, 0) is 30.1 Å². The Morgan fingerprint density at radius 1 is 0.833 bits per heavy atom. The number of rotatable bonds is 0. The first-order valence-corrected chi connectivity index (χ1v) is 8.05. The molecule has 6 heteroatoms. The van der Waals surface area contributed by atoms with Crippen molar-refractivity contribution in [3.63, 3.8) is 0 Å². The number of fused-ring (bicyclic) bond motifs is 9. The summed E-state index contributed by atoms with van der Waals surface area (Å²) in [6.07, 6.45) is 5.40. The average molecular weight is 365 g/mol. The van der Waals surface area contributed by atoms with Gasteiger partial charge in [-0.3, -0.25) is 0 Å². The molecule has 4 aliphatic rings. The third kappa shape index (κ3) is 0.973. The minimum Gasteiger partial charge on any atom is -0.109 e. The molecule has 2 fully saturated rings. The van der Waals surface area contributed by atoms with Crippen molar-refractivity contribution in [1.82, 2.24) is 0 Å². The van der Waals surface area contributed by atoms with Crippen molar-refractivity contribution in [1.29, 1.82) is 0 Å². The van der Waals surface area contributed by atoms with Gasteiger partial charge < -0.3 is 0 Å². The predicted molar refractivity (Wildman–Crippen MR) is 78.1 cm³/mol. The quantitative estimate of drug-likeness (QED) is 0.312. The van der Waals surface area contributed by atoms with Crippen molar-refractivity contribution in [2.24, 2.45) is 23.7 Å². The van der Waals surface area contributed by atoms with Gasteiger partial charge in [0, 0.05) is 0 Å². The molecular weight excluding hydrogens is 357 g/mol. The lowest BCUT2D eigenvalue weighted by atomic mass is 9.75. The van der Waals surface area contributed by atoms with E-state index in [-0.39, 0.29) is 11.8 Å². The van der Waals surface area contributed by atoms with E-state index in [1.807, 2.05) is 0 Å². The van der Waals surface area contributed by atoms with Crippen molar-refractivity contribution < 1.29 is 0 Å². The summed E-state index contributed by atoms with van der Waals surface area (Å²) in [4.78, 5) is -2.13. The van der Waals surface area contributed by atoms with Crippen LogP contribution in [0.5, 0.6) is 0 Å². The molecule has 0 unspecified atom stereocenters. The van der Waals surface area contributed by atoms with Crippen molar-refractivity contribution in [2.75, 3.05) is 0 Å². The molecule has 0 aromatic carbocycles. The van der Waals surface area contributed by atoms with Crippen LogP contribution in [0.25, 0.3) is 0 Å². The van der Waals surface area contributed by atoms with Crippen molar-refractivity contribution in [2.45, 2.75) is 20.5 Å². The van der Waals surface area contributed by atoms with Crippen LogP contribution in [0.4, 0.5) is 0 Å². The van der Waals surface area contributed by atoms with Crippen LogP contribution < -0.4 is 0 Å². The molecule has 0 N–H and O–H groups in total. The van der Waals surface area contributed by atoms with Crippen LogP contribution in [-0.4, -0.2) is 14.1 Å². The van der Waals surface area contributed by atoms with Crippen LogP contribution in [-0.2, 0) is 0 Å². The first-order valence-electron chi connectivity index (χ1n) is 5.78. The summed E-state index contributed by atoms with van der Waals surface area (Å²) in [6.45, 7) is 0. The maximum absolute atomic E-state index is 6.76. The Balaban J connectivity index is 2.03. The SMILES string of the molecule is ClC1=C(Cl)[C@]2(Cl)[C@H]3[C@H]([C@@H]4C=C[C@H]3C4)[C@@]1(Cl)C2(Cl)Cl. The van der Waals surface area contributed by atoms with Gasteiger partial charge in [0.15, 0.2) is 4.33 Å². The molecule has 0 radical (unpaired) electrons. The van der Waals surface area contributed by atoms with E-state index in [0.29, 0.717) is 21.9 Å². The summed E-state index contributed by atoms with van der Waals surface area (Å²) in [7, 11) is 0. The van der Waals surface area contributed by atoms with Crippen LogP contribution in [0.3, 0.4) is 0 Å². The van der Waals surface area contributed by atoms with Gasteiger partial charge in [0.25, 0.3) is 0 Å². The lowest BCUT2D eigenvalue weighted by molar-refractivity contribution is 0.305. The van der Waals surface area contributed by atoms with E-state index in [1.165, 1.54) is 0 Å². The molecule has 0 saturated heterocycles. The predicted octanol–water partition coefficient (Wildman–Crippen LogP) is 5.27. The van der Waals surface area contributed by atoms with E-state index in [0.717, 1.165) is 6.42 Å². The van der Waals surface area contributed by atoms with E-state index in [2.05, 4.69) is 12.2 Å². The summed E-state index contributed by atoms with van der Waals surface area (Å²) < 4.78 is -1.37. The second kappa shape index (κ2) is 3.34. The number of allylic oxidation sites excluding steroid dienone is 4. The zero-order valence-corrected chi connectivity index (χ0v) is 13.5. The lowest BCUT2D eigenvalue weighted by Gasteiger charge is -2.37. The molecule has 98 valence electrons. The normalized spacial score (nSPS) is 58.8. The Hall–Kier alpha value is 1.22. The Labute approximate surface area is 135 Å². The van der Waals surface area contributed by atoms with E-state index >= 15 is 0 Å². The van der Waals surface area contributed by atoms with E-state index in [9.17, 15) is 0 Å². The Morgan fingerprint density at radius 3 is 1.61 bits per heavy atom. The number of hydrogen-bond acceptors (Lipinski definition) is 0. The highest BCUT2D eigenvalue weighted by Crippen LogP contribution is 2.81. The zero-order chi connectivity index (χ0) is 13.1. The van der Waals surface area contributed by atoms with E-state index in [1.54, 1.807) is 0 Å². The van der Waals surface area contributed by atoms with Gasteiger partial charge in [0.2, 0.25) is 0 Å². The van der Waals surface area contributed by atoms with E-state index in [4.69, 9.17) is 69.6 Å². The van der Waals surface area contributed by atoms with Crippen LogP contribution in [0.2, 0.25) is 0 Å². The van der Waals surface area contributed by atoms with Crippen LogP contribution in [0.15, 0.2) is 22.2 Å². The fraction of sp³-hybridized carbons (Fsp3) is 0.667. The highest BCUT2D eigenvalue weighted by Gasteiger charge is 2.85. The Kier molecular flexibility index (Phi) is 2.40. The fourth-order valence-corrected chi connectivity index (χ4v) is 7.61. The summed E-state index contributed by atoms with van der Waals surface area (Å²) in [6, 6.07) is 0. The molecular formula is C12H8Cl6. The fourth-order valence-electron chi connectivity index (χ4n) is 4.48. The second-order valence-electron chi connectivity index (χ2n) is 5.63. The Morgan fingerprint density at radius 2 is 1.22 bits per heavy atom. The van der Waals surface area contributed by atoms with Gasteiger partial charge >= 0.3 is 0 Å². The molecule has 6 atom stereocenters. The molecule has 0 amide bonds. The van der Waals surface area contributed by atoms with Crippen LogP contribution in [0, 0.1) is 23.7 Å². The monoisotopic (exact) mass is 362 g/mol. The number of alkyl halides is 4. The molecule has 0 aromatic rings. The topological polar surface area (TPSA) is 0 Å². The highest BCUT2D eigenvalue weighted by molar-refractivity contribution is 6.65. The largest absolute Gasteiger partial charge is 0.166 e. The van der Waals surface area contributed by atoms with Crippen LogP contribution >= 0.6 is 69.6 Å². The molecule has 0 spiro atoms. The summed E-state index contributed by atoms with van der Waals surface area (Å²) in [5, 5.41) is 0.654. The summed E-state index contributed by atoms with van der Waals surface area (Å²) in [5.41, 5.74) is 0. The van der Waals surface area contributed by atoms with Crippen molar-refractivity contribution in [3.05, 3.63) is 22.2 Å². The van der Waals surface area contributed by atoms with E-state index < -0.39 is 14.1 Å². The molecule has 0 nitrogen and oxygen atoms in total. The zero-order valence-electron chi connectivity index (χ0n) is 8.94. The minimum atomic E-state index is -1.37. The molecule has 18 heavy (non-hydrogen) atoms. The standard InChI is InChI=1S/C12H8Cl6/c13-8-9(14)11(16)7-5-2-1-4(3-5)6(7)10(8,15)12(11,17)18/h1-2,4-7H,3H2/t4-,5+,6+,7-,10+,11-. The number of halogens is 6. The average Bonchev–Trinajstić information content (AvgIpc) is 2.97. The lowest BCUT2D eigenvalue weighted by Crippen LogP contribution is -2.46. The second-order valence-corrected chi connectivity index (χ2v) is 8.90. The first kappa shape index (κ1) is 12.9. The van der Waals surface area contributed by atoms with Crippen molar-refractivity contribution in [3.8, 4) is 0 Å². The molecule has 4 bridgehead atoms. The Bertz CT molecular complexity index is 481. The maximum atomic E-state index is 6.76. The molecule has 0 heterocycles. The summed E-state index contributed by atoms with van der Waals surface area (Å²) in [5.74, 6) is 0.815. The minimum absolute atomic E-state index is 0.0664. The number of hydrogen-bond donors (Lipinski definition) is 0. The molecule has 0 aromatic heterocycles. The van der Waals surface area contributed by atoms with Crippen LogP contribution in [0.1, 0.15) is 6.42 Å². The van der Waals surface area contributed by atoms with Gasteiger partial charge in [-0.2, -0.15) is 0 Å². The maximum Gasteiger partial charge on any atom is 0.166 e. The van der Waals surface area contributed by atoms with Gasteiger partial charge in [0.05, 0.1) is 10.1 Å². The van der Waals surface area contributed by atoms with Crippen molar-refractivity contribution >= 4 is 69.6 Å². The molecule has 2 saturated carbocycles.